The third-order valence-corrected chi connectivity index (χ3v) is 4.89. The molecule has 3 rings (SSSR count). The fraction of sp³-hybridized carbons (Fsp3) is 0.176. The number of rotatable bonds is 4. The molecule has 1 heterocycles. The smallest absolute Gasteiger partial charge is 0.295 e. The lowest BCUT2D eigenvalue weighted by Crippen LogP contribution is -2.34. The number of nitro benzene ring substituents is 1. The Bertz CT molecular complexity index is 884. The maximum Gasteiger partial charge on any atom is 0.295 e. The molecule has 7 nitrogen and oxygen atoms in total. The lowest BCUT2D eigenvalue weighted by Gasteiger charge is -2.16. The van der Waals surface area contributed by atoms with Gasteiger partial charge in [0.2, 0.25) is 0 Å². The number of nitrogens with zero attached hydrogens (tertiary/aromatic N) is 2. The summed E-state index contributed by atoms with van der Waals surface area (Å²) in [6.07, 6.45) is 0. The Kier molecular flexibility index (Phi) is 4.45. The fourth-order valence-electron chi connectivity index (χ4n) is 2.46. The Hall–Kier alpha value is -2.87. The average molecular weight is 357 g/mol. The van der Waals surface area contributed by atoms with E-state index >= 15 is 0 Å². The highest BCUT2D eigenvalue weighted by Gasteiger charge is 2.40. The van der Waals surface area contributed by atoms with Gasteiger partial charge in [0, 0.05) is 17.8 Å². The number of thioether (sulfide) groups is 1. The summed E-state index contributed by atoms with van der Waals surface area (Å²) in [6, 6.07) is 11.2. The molecule has 0 radical (unpaired) electrons. The first-order valence-electron chi connectivity index (χ1n) is 7.49. The second-order valence-corrected chi connectivity index (χ2v) is 6.71. The van der Waals surface area contributed by atoms with Gasteiger partial charge in [-0.25, -0.2) is 4.90 Å². The first-order chi connectivity index (χ1) is 11.9. The van der Waals surface area contributed by atoms with Crippen LogP contribution in [0.25, 0.3) is 0 Å². The zero-order valence-electron chi connectivity index (χ0n) is 13.6. The van der Waals surface area contributed by atoms with Gasteiger partial charge in [0.15, 0.2) is 5.37 Å². The van der Waals surface area contributed by atoms with Gasteiger partial charge < -0.3 is 5.32 Å². The van der Waals surface area contributed by atoms with Gasteiger partial charge in [-0.3, -0.25) is 19.7 Å². The van der Waals surface area contributed by atoms with Gasteiger partial charge in [-0.2, -0.15) is 0 Å². The standard InChI is InChI=1S/C17H15N3O4S/c1-10-6-7-13(8-11(10)2)19-16(21)15(25-17(19)22)18-12-4-3-5-14(9-12)20(23)24/h3-9,15,18H,1-2H3. The molecule has 1 atom stereocenters. The van der Waals surface area contributed by atoms with Crippen LogP contribution in [0.3, 0.4) is 0 Å². The van der Waals surface area contributed by atoms with Gasteiger partial charge in [0.1, 0.15) is 0 Å². The molecule has 0 saturated carbocycles. The van der Waals surface area contributed by atoms with Crippen LogP contribution < -0.4 is 10.2 Å². The van der Waals surface area contributed by atoms with E-state index in [2.05, 4.69) is 5.32 Å². The lowest BCUT2D eigenvalue weighted by atomic mass is 10.1. The minimum absolute atomic E-state index is 0.0854. The van der Waals surface area contributed by atoms with Crippen molar-refractivity contribution in [1.82, 2.24) is 0 Å². The van der Waals surface area contributed by atoms with Gasteiger partial charge >= 0.3 is 0 Å². The molecule has 2 aromatic carbocycles. The number of nitro groups is 1. The number of aryl methyl sites for hydroxylation is 2. The third-order valence-electron chi connectivity index (χ3n) is 3.95. The summed E-state index contributed by atoms with van der Waals surface area (Å²) in [4.78, 5) is 36.4. The molecule has 1 fully saturated rings. The van der Waals surface area contributed by atoms with Crippen molar-refractivity contribution in [3.05, 3.63) is 63.7 Å². The molecule has 1 N–H and O–H groups in total. The number of non-ortho nitro benzene ring substituents is 1. The van der Waals surface area contributed by atoms with E-state index in [9.17, 15) is 19.7 Å². The normalized spacial score (nSPS) is 17.0. The van der Waals surface area contributed by atoms with Crippen LogP contribution in [0, 0.1) is 24.0 Å². The number of carbonyl (C=O) groups excluding carboxylic acids is 2. The average Bonchev–Trinajstić information content (AvgIpc) is 2.84. The summed E-state index contributed by atoms with van der Waals surface area (Å²) in [5, 5.41) is 12.5. The van der Waals surface area contributed by atoms with Crippen LogP contribution >= 0.6 is 11.8 Å². The lowest BCUT2D eigenvalue weighted by molar-refractivity contribution is -0.384. The summed E-state index contributed by atoms with van der Waals surface area (Å²) in [7, 11) is 0. The summed E-state index contributed by atoms with van der Waals surface area (Å²) >= 11 is 0.852. The van der Waals surface area contributed by atoms with Crippen LogP contribution in [0.2, 0.25) is 0 Å². The predicted octanol–water partition coefficient (Wildman–Crippen LogP) is 3.85. The molecule has 25 heavy (non-hydrogen) atoms. The fourth-order valence-corrected chi connectivity index (χ4v) is 3.36. The zero-order chi connectivity index (χ0) is 18.1. The first-order valence-corrected chi connectivity index (χ1v) is 8.37. The van der Waals surface area contributed by atoms with E-state index in [1.165, 1.54) is 18.2 Å². The highest BCUT2D eigenvalue weighted by Crippen LogP contribution is 2.33. The van der Waals surface area contributed by atoms with Gasteiger partial charge in [-0.05, 0) is 54.9 Å². The molecule has 2 amide bonds. The molecule has 128 valence electrons. The molecule has 0 aliphatic carbocycles. The largest absolute Gasteiger partial charge is 0.365 e. The Balaban J connectivity index is 1.82. The molecule has 2 aromatic rings. The first kappa shape index (κ1) is 17.0. The number of carbonyl (C=O) groups is 2. The van der Waals surface area contributed by atoms with Crippen LogP contribution in [-0.4, -0.2) is 21.4 Å². The SMILES string of the molecule is Cc1ccc(N2C(=O)SC(Nc3cccc([N+](=O)[O-])c3)C2=O)cc1C. The minimum Gasteiger partial charge on any atom is -0.365 e. The van der Waals surface area contributed by atoms with Gasteiger partial charge in [-0.1, -0.05) is 12.1 Å². The third kappa shape index (κ3) is 3.34. The molecular weight excluding hydrogens is 342 g/mol. The Labute approximate surface area is 148 Å². The molecule has 0 aromatic heterocycles. The topological polar surface area (TPSA) is 92.6 Å². The van der Waals surface area contributed by atoms with E-state index in [0.717, 1.165) is 27.8 Å². The number of nitrogens with one attached hydrogen (secondary N) is 1. The van der Waals surface area contributed by atoms with Crippen molar-refractivity contribution in [3.63, 3.8) is 0 Å². The van der Waals surface area contributed by atoms with Crippen molar-refractivity contribution >= 4 is 40.0 Å². The van der Waals surface area contributed by atoms with E-state index in [0.29, 0.717) is 11.4 Å². The number of benzene rings is 2. The van der Waals surface area contributed by atoms with Gasteiger partial charge in [0.25, 0.3) is 16.8 Å². The molecule has 1 unspecified atom stereocenters. The van der Waals surface area contributed by atoms with Crippen LogP contribution in [0.1, 0.15) is 11.1 Å². The van der Waals surface area contributed by atoms with Crippen molar-refractivity contribution < 1.29 is 14.5 Å². The number of hydrogen-bond donors (Lipinski definition) is 1. The van der Waals surface area contributed by atoms with E-state index < -0.39 is 16.2 Å². The van der Waals surface area contributed by atoms with Crippen molar-refractivity contribution in [2.45, 2.75) is 19.2 Å². The number of amides is 2. The number of anilines is 2. The molecule has 1 aliphatic heterocycles. The molecule has 0 spiro atoms. The van der Waals surface area contributed by atoms with Gasteiger partial charge in [0.05, 0.1) is 10.6 Å². The highest BCUT2D eigenvalue weighted by molar-refractivity contribution is 8.16. The summed E-state index contributed by atoms with van der Waals surface area (Å²) in [5.74, 6) is -0.398. The monoisotopic (exact) mass is 357 g/mol. The van der Waals surface area contributed by atoms with Crippen LogP contribution in [0.15, 0.2) is 42.5 Å². The van der Waals surface area contributed by atoms with Gasteiger partial charge in [-0.15, -0.1) is 0 Å². The number of imide groups is 1. The summed E-state index contributed by atoms with van der Waals surface area (Å²) in [5.41, 5.74) is 2.90. The van der Waals surface area contributed by atoms with Crippen molar-refractivity contribution in [2.75, 3.05) is 10.2 Å². The molecule has 1 aliphatic rings. The summed E-state index contributed by atoms with van der Waals surface area (Å²) < 4.78 is 0. The number of hydrogen-bond acceptors (Lipinski definition) is 6. The molecular formula is C17H15N3O4S. The second kappa shape index (κ2) is 6.56. The maximum atomic E-state index is 12.6. The maximum absolute atomic E-state index is 12.6. The van der Waals surface area contributed by atoms with E-state index in [-0.39, 0.29) is 10.9 Å². The zero-order valence-corrected chi connectivity index (χ0v) is 14.4. The Morgan fingerprint density at radius 3 is 2.56 bits per heavy atom. The molecule has 1 saturated heterocycles. The predicted molar refractivity (Wildman–Crippen MR) is 96.9 cm³/mol. The van der Waals surface area contributed by atoms with E-state index in [1.54, 1.807) is 18.2 Å². The Morgan fingerprint density at radius 1 is 1.12 bits per heavy atom. The van der Waals surface area contributed by atoms with Crippen LogP contribution in [0.4, 0.5) is 21.9 Å². The van der Waals surface area contributed by atoms with E-state index in [1.807, 2.05) is 19.9 Å². The second-order valence-electron chi connectivity index (χ2n) is 5.66. The van der Waals surface area contributed by atoms with Crippen LogP contribution in [-0.2, 0) is 4.79 Å². The highest BCUT2D eigenvalue weighted by atomic mass is 32.2. The van der Waals surface area contributed by atoms with E-state index in [4.69, 9.17) is 0 Å². The quantitative estimate of drug-likeness (QED) is 0.660. The molecule has 8 heteroatoms. The van der Waals surface area contributed by atoms with Crippen molar-refractivity contribution in [3.8, 4) is 0 Å². The van der Waals surface area contributed by atoms with Crippen LogP contribution in [0.5, 0.6) is 0 Å². The minimum atomic E-state index is -0.823. The molecule has 0 bridgehead atoms. The van der Waals surface area contributed by atoms with Crippen molar-refractivity contribution in [2.24, 2.45) is 0 Å². The van der Waals surface area contributed by atoms with Crippen molar-refractivity contribution in [1.29, 1.82) is 0 Å². The summed E-state index contributed by atoms with van der Waals surface area (Å²) in [6.45, 7) is 3.87. The Morgan fingerprint density at radius 2 is 1.88 bits per heavy atom.